The highest BCUT2D eigenvalue weighted by atomic mass is 19.3. The molecule has 0 unspecified atom stereocenters. The zero-order valence-corrected chi connectivity index (χ0v) is 9.89. The first-order valence-corrected chi connectivity index (χ1v) is 5.58. The minimum Gasteiger partial charge on any atom is -0.209 e. The molecule has 20 heavy (non-hydrogen) atoms. The summed E-state index contributed by atoms with van der Waals surface area (Å²) in [5.41, 5.74) is -1.44. The van der Waals surface area contributed by atoms with Gasteiger partial charge in [0.2, 0.25) is 6.43 Å². The van der Waals surface area contributed by atoms with Crippen LogP contribution < -0.4 is 0 Å². The second-order valence-corrected chi connectivity index (χ2v) is 4.14. The Morgan fingerprint density at radius 1 is 0.650 bits per heavy atom. The third-order valence-electron chi connectivity index (χ3n) is 2.84. The van der Waals surface area contributed by atoms with Crippen LogP contribution in [0.4, 0.5) is 26.3 Å². The van der Waals surface area contributed by atoms with Crippen LogP contribution in [0.2, 0.25) is 0 Å². The van der Waals surface area contributed by atoms with Gasteiger partial charge in [0.25, 0.3) is 0 Å². The lowest BCUT2D eigenvalue weighted by Crippen LogP contribution is -2.15. The number of halogens is 6. The van der Waals surface area contributed by atoms with Gasteiger partial charge in [0, 0.05) is 11.1 Å². The molecular formula is C14H8F6. The molecule has 0 aliphatic carbocycles. The Hall–Kier alpha value is -1.98. The van der Waals surface area contributed by atoms with E-state index in [4.69, 9.17) is 0 Å². The second kappa shape index (κ2) is 5.56. The van der Waals surface area contributed by atoms with E-state index in [1.807, 2.05) is 0 Å². The molecule has 0 aromatic heterocycles. The fourth-order valence-electron chi connectivity index (χ4n) is 1.94. The number of alkyl halides is 2. The van der Waals surface area contributed by atoms with Crippen molar-refractivity contribution in [3.8, 4) is 0 Å². The second-order valence-electron chi connectivity index (χ2n) is 4.14. The molecule has 0 nitrogen and oxygen atoms in total. The molecule has 0 heterocycles. The van der Waals surface area contributed by atoms with Gasteiger partial charge in [-0.05, 0) is 36.4 Å². The summed E-state index contributed by atoms with van der Waals surface area (Å²) >= 11 is 0. The van der Waals surface area contributed by atoms with Crippen molar-refractivity contribution in [1.82, 2.24) is 0 Å². The molecule has 0 fully saturated rings. The van der Waals surface area contributed by atoms with Gasteiger partial charge in [0.1, 0.15) is 23.3 Å². The Bertz CT molecular complexity index is 572. The van der Waals surface area contributed by atoms with Crippen LogP contribution >= 0.6 is 0 Å². The Morgan fingerprint density at radius 3 is 1.40 bits per heavy atom. The van der Waals surface area contributed by atoms with Crippen molar-refractivity contribution in [2.45, 2.75) is 12.3 Å². The maximum atomic E-state index is 13.6. The summed E-state index contributed by atoms with van der Waals surface area (Å²) in [4.78, 5) is 0. The lowest BCUT2D eigenvalue weighted by atomic mass is 9.90. The lowest BCUT2D eigenvalue weighted by Gasteiger charge is -2.18. The summed E-state index contributed by atoms with van der Waals surface area (Å²) in [7, 11) is 0. The maximum absolute atomic E-state index is 13.6. The van der Waals surface area contributed by atoms with Gasteiger partial charge in [-0.25, -0.2) is 26.3 Å². The summed E-state index contributed by atoms with van der Waals surface area (Å²) in [5.74, 6) is -6.19. The highest BCUT2D eigenvalue weighted by Gasteiger charge is 2.30. The van der Waals surface area contributed by atoms with Gasteiger partial charge < -0.3 is 0 Å². The smallest absolute Gasteiger partial charge is 0.209 e. The first-order valence-electron chi connectivity index (χ1n) is 5.58. The molecule has 0 saturated heterocycles. The molecule has 0 N–H and O–H groups in total. The van der Waals surface area contributed by atoms with Crippen LogP contribution in [0.25, 0.3) is 0 Å². The molecule has 0 spiro atoms. The van der Waals surface area contributed by atoms with Gasteiger partial charge in [0.05, 0.1) is 5.92 Å². The van der Waals surface area contributed by atoms with Crippen molar-refractivity contribution >= 4 is 0 Å². The van der Waals surface area contributed by atoms with Gasteiger partial charge in [-0.15, -0.1) is 0 Å². The average Bonchev–Trinajstić information content (AvgIpc) is 2.37. The first-order chi connectivity index (χ1) is 9.40. The molecule has 0 bridgehead atoms. The molecule has 0 aliphatic heterocycles. The van der Waals surface area contributed by atoms with Crippen molar-refractivity contribution in [1.29, 1.82) is 0 Å². The summed E-state index contributed by atoms with van der Waals surface area (Å²) in [6.07, 6.45) is -3.22. The largest absolute Gasteiger partial charge is 0.249 e. The van der Waals surface area contributed by atoms with E-state index in [0.29, 0.717) is 24.3 Å². The summed E-state index contributed by atoms with van der Waals surface area (Å²) in [5, 5.41) is 0. The van der Waals surface area contributed by atoms with E-state index < -0.39 is 46.7 Å². The Balaban J connectivity index is 2.62. The normalized spacial score (nSPS) is 11.4. The van der Waals surface area contributed by atoms with Gasteiger partial charge in [0.15, 0.2) is 0 Å². The zero-order valence-electron chi connectivity index (χ0n) is 9.89. The van der Waals surface area contributed by atoms with Crippen molar-refractivity contribution in [3.63, 3.8) is 0 Å². The molecule has 0 saturated carbocycles. The van der Waals surface area contributed by atoms with Gasteiger partial charge in [-0.1, -0.05) is 0 Å². The molecular weight excluding hydrogens is 282 g/mol. The van der Waals surface area contributed by atoms with E-state index in [1.54, 1.807) is 0 Å². The van der Waals surface area contributed by atoms with E-state index in [9.17, 15) is 26.3 Å². The van der Waals surface area contributed by atoms with Crippen LogP contribution in [0.5, 0.6) is 0 Å². The number of benzene rings is 2. The van der Waals surface area contributed by atoms with Crippen molar-refractivity contribution in [2.24, 2.45) is 0 Å². The number of hydrogen-bond donors (Lipinski definition) is 0. The minimum absolute atomic E-state index is 0.552. The molecule has 2 aromatic carbocycles. The summed E-state index contributed by atoms with van der Waals surface area (Å²) in [6.45, 7) is 0. The van der Waals surface area contributed by atoms with Gasteiger partial charge >= 0.3 is 0 Å². The molecule has 6 heteroatoms. The third-order valence-corrected chi connectivity index (χ3v) is 2.84. The van der Waals surface area contributed by atoms with Crippen molar-refractivity contribution < 1.29 is 26.3 Å². The van der Waals surface area contributed by atoms with Crippen LogP contribution in [0.15, 0.2) is 36.4 Å². The van der Waals surface area contributed by atoms with Crippen molar-refractivity contribution in [2.75, 3.05) is 0 Å². The first kappa shape index (κ1) is 14.4. The highest BCUT2D eigenvalue weighted by Crippen LogP contribution is 2.34. The molecule has 0 amide bonds. The summed E-state index contributed by atoms with van der Waals surface area (Å²) in [6, 6.07) is 3.94. The summed E-state index contributed by atoms with van der Waals surface area (Å²) < 4.78 is 79.6. The van der Waals surface area contributed by atoms with E-state index in [2.05, 4.69) is 0 Å². The van der Waals surface area contributed by atoms with Crippen LogP contribution in [0.1, 0.15) is 17.0 Å². The van der Waals surface area contributed by atoms with Crippen LogP contribution in [-0.4, -0.2) is 6.43 Å². The molecule has 0 aliphatic rings. The monoisotopic (exact) mass is 290 g/mol. The van der Waals surface area contributed by atoms with Crippen molar-refractivity contribution in [3.05, 3.63) is 70.8 Å². The predicted molar refractivity (Wildman–Crippen MR) is 60.6 cm³/mol. The Morgan fingerprint density at radius 2 is 1.05 bits per heavy atom. The molecule has 2 rings (SSSR count). The van der Waals surface area contributed by atoms with Gasteiger partial charge in [-0.3, -0.25) is 0 Å². The Labute approximate surface area is 110 Å². The minimum atomic E-state index is -3.22. The molecule has 0 radical (unpaired) electrons. The highest BCUT2D eigenvalue weighted by molar-refractivity contribution is 5.35. The standard InChI is InChI=1S/C14H8F6/c15-7-1-3-11(17)9(5-7)13(14(19)20)10-6-8(16)2-4-12(10)18/h1-6,13-14H. The zero-order chi connectivity index (χ0) is 14.9. The fraction of sp³-hybridized carbons (Fsp3) is 0.143. The lowest BCUT2D eigenvalue weighted by molar-refractivity contribution is 0.125. The number of hydrogen-bond acceptors (Lipinski definition) is 0. The fourth-order valence-corrected chi connectivity index (χ4v) is 1.94. The average molecular weight is 290 g/mol. The predicted octanol–water partition coefficient (Wildman–Crippen LogP) is 4.64. The SMILES string of the molecule is Fc1ccc(F)c(C(c2cc(F)ccc2F)C(F)F)c1. The molecule has 106 valence electrons. The quantitative estimate of drug-likeness (QED) is 0.722. The van der Waals surface area contributed by atoms with E-state index >= 15 is 0 Å². The van der Waals surface area contributed by atoms with Gasteiger partial charge in [-0.2, -0.15) is 0 Å². The van der Waals surface area contributed by atoms with Crippen LogP contribution in [-0.2, 0) is 0 Å². The number of rotatable bonds is 3. The topological polar surface area (TPSA) is 0 Å². The maximum Gasteiger partial charge on any atom is 0.249 e. The molecule has 2 aromatic rings. The van der Waals surface area contributed by atoms with Crippen LogP contribution in [0.3, 0.4) is 0 Å². The third kappa shape index (κ3) is 2.79. The molecule has 0 atom stereocenters. The van der Waals surface area contributed by atoms with Crippen LogP contribution in [0, 0.1) is 23.3 Å². The van der Waals surface area contributed by atoms with E-state index in [0.717, 1.165) is 12.1 Å². The Kier molecular flexibility index (Phi) is 4.01. The van der Waals surface area contributed by atoms with E-state index in [-0.39, 0.29) is 0 Å². The van der Waals surface area contributed by atoms with E-state index in [1.165, 1.54) is 0 Å².